The minimum absolute atomic E-state index is 0.814. The van der Waals surface area contributed by atoms with Gasteiger partial charge in [-0.05, 0) is 54.1 Å². The van der Waals surface area contributed by atoms with Crippen LogP contribution >= 0.6 is 11.3 Å². The Morgan fingerprint density at radius 1 is 1.29 bits per heavy atom. The van der Waals surface area contributed by atoms with Gasteiger partial charge in [0, 0.05) is 22.8 Å². The fourth-order valence-electron chi connectivity index (χ4n) is 1.93. The Morgan fingerprint density at radius 3 is 2.82 bits per heavy atom. The molecule has 0 radical (unpaired) electrons. The summed E-state index contributed by atoms with van der Waals surface area (Å²) in [6.45, 7) is 5.13. The van der Waals surface area contributed by atoms with Gasteiger partial charge in [0.1, 0.15) is 0 Å². The minimum atomic E-state index is 0.814. The van der Waals surface area contributed by atoms with Gasteiger partial charge in [0.05, 0.1) is 0 Å². The van der Waals surface area contributed by atoms with E-state index in [4.69, 9.17) is 5.73 Å². The molecule has 90 valence electrons. The highest BCUT2D eigenvalue weighted by Gasteiger charge is 2.02. The number of rotatable bonds is 4. The third kappa shape index (κ3) is 3.01. The molecular formula is C14H18N2S. The number of hydrogen-bond acceptors (Lipinski definition) is 3. The zero-order valence-corrected chi connectivity index (χ0v) is 11.1. The van der Waals surface area contributed by atoms with Crippen molar-refractivity contribution >= 4 is 22.7 Å². The Morgan fingerprint density at radius 2 is 2.12 bits per heavy atom. The Bertz CT molecular complexity index is 482. The normalized spacial score (nSPS) is 10.5. The van der Waals surface area contributed by atoms with Crippen LogP contribution in [0.3, 0.4) is 0 Å². The Kier molecular flexibility index (Phi) is 3.69. The molecule has 0 saturated heterocycles. The summed E-state index contributed by atoms with van der Waals surface area (Å²) in [5.74, 6) is 0. The lowest BCUT2D eigenvalue weighted by Crippen LogP contribution is -2.00. The fraction of sp³-hybridized carbons (Fsp3) is 0.286. The molecule has 0 spiro atoms. The molecule has 0 bridgehead atoms. The molecule has 17 heavy (non-hydrogen) atoms. The average molecular weight is 246 g/mol. The van der Waals surface area contributed by atoms with Crippen molar-refractivity contribution in [3.8, 4) is 0 Å². The van der Waals surface area contributed by atoms with Crippen LogP contribution in [0.4, 0.5) is 11.4 Å². The van der Waals surface area contributed by atoms with E-state index in [0.717, 1.165) is 24.3 Å². The lowest BCUT2D eigenvalue weighted by Gasteiger charge is -2.08. The van der Waals surface area contributed by atoms with Gasteiger partial charge in [0.15, 0.2) is 0 Å². The van der Waals surface area contributed by atoms with Crippen molar-refractivity contribution in [3.05, 3.63) is 45.6 Å². The Balaban J connectivity index is 2.07. The van der Waals surface area contributed by atoms with Crippen molar-refractivity contribution in [2.75, 3.05) is 11.1 Å². The summed E-state index contributed by atoms with van der Waals surface area (Å²) in [5.41, 5.74) is 10.4. The van der Waals surface area contributed by atoms with Crippen LogP contribution in [0.2, 0.25) is 0 Å². The predicted octanol–water partition coefficient (Wildman–Crippen LogP) is 3.81. The van der Waals surface area contributed by atoms with E-state index in [1.165, 1.54) is 16.0 Å². The Hall–Kier alpha value is -1.48. The van der Waals surface area contributed by atoms with Crippen LogP contribution in [0.1, 0.15) is 22.9 Å². The number of aryl methyl sites for hydroxylation is 2. The van der Waals surface area contributed by atoms with Crippen LogP contribution in [0, 0.1) is 6.92 Å². The number of hydrogen-bond donors (Lipinski definition) is 2. The molecule has 1 heterocycles. The molecule has 1 aromatic heterocycles. The summed E-state index contributed by atoms with van der Waals surface area (Å²) in [6, 6.07) is 8.28. The summed E-state index contributed by atoms with van der Waals surface area (Å²) in [5, 5.41) is 5.59. The van der Waals surface area contributed by atoms with Crippen LogP contribution in [-0.2, 0) is 13.0 Å². The second-order valence-corrected chi connectivity index (χ2v) is 5.21. The summed E-state index contributed by atoms with van der Waals surface area (Å²) >= 11 is 1.81. The fourth-order valence-corrected chi connectivity index (χ4v) is 2.85. The molecule has 0 unspecified atom stereocenters. The van der Waals surface area contributed by atoms with Crippen molar-refractivity contribution in [1.82, 2.24) is 0 Å². The third-order valence-corrected chi connectivity index (χ3v) is 3.73. The number of nitrogens with one attached hydrogen (secondary N) is 1. The first-order valence-electron chi connectivity index (χ1n) is 5.85. The van der Waals surface area contributed by atoms with Crippen molar-refractivity contribution < 1.29 is 0 Å². The number of nitrogens with two attached hydrogens (primary N) is 1. The molecule has 1 aromatic carbocycles. The third-order valence-electron chi connectivity index (χ3n) is 2.77. The molecule has 2 aromatic rings. The molecule has 0 atom stereocenters. The molecule has 3 heteroatoms. The summed E-state index contributed by atoms with van der Waals surface area (Å²) < 4.78 is 0. The van der Waals surface area contributed by atoms with E-state index in [2.05, 4.69) is 36.7 Å². The smallest absolute Gasteiger partial charge is 0.0496 e. The first-order chi connectivity index (χ1) is 8.19. The van der Waals surface area contributed by atoms with E-state index in [0.29, 0.717) is 0 Å². The summed E-state index contributed by atoms with van der Waals surface area (Å²) in [7, 11) is 0. The molecule has 2 rings (SSSR count). The lowest BCUT2D eigenvalue weighted by atomic mass is 10.2. The van der Waals surface area contributed by atoms with Gasteiger partial charge < -0.3 is 11.1 Å². The van der Waals surface area contributed by atoms with Crippen LogP contribution in [0.5, 0.6) is 0 Å². The van der Waals surface area contributed by atoms with Gasteiger partial charge in [-0.2, -0.15) is 0 Å². The number of benzene rings is 1. The molecule has 0 fully saturated rings. The van der Waals surface area contributed by atoms with E-state index in [9.17, 15) is 0 Å². The molecule has 0 aliphatic carbocycles. The number of anilines is 2. The van der Waals surface area contributed by atoms with Gasteiger partial charge in [-0.3, -0.25) is 0 Å². The average Bonchev–Trinajstić information content (AvgIpc) is 2.72. The largest absolute Gasteiger partial charge is 0.399 e. The highest BCUT2D eigenvalue weighted by Crippen LogP contribution is 2.21. The first kappa shape index (κ1) is 12.0. The topological polar surface area (TPSA) is 38.0 Å². The minimum Gasteiger partial charge on any atom is -0.399 e. The van der Waals surface area contributed by atoms with Crippen molar-refractivity contribution in [1.29, 1.82) is 0 Å². The number of thiophene rings is 1. The summed E-state index contributed by atoms with van der Waals surface area (Å²) in [4.78, 5) is 1.41. The van der Waals surface area contributed by atoms with Gasteiger partial charge in [-0.1, -0.05) is 6.92 Å². The summed E-state index contributed by atoms with van der Waals surface area (Å²) in [6.07, 6.45) is 1.09. The highest BCUT2D eigenvalue weighted by atomic mass is 32.1. The van der Waals surface area contributed by atoms with E-state index in [1.54, 1.807) is 0 Å². The van der Waals surface area contributed by atoms with E-state index >= 15 is 0 Å². The molecule has 0 saturated carbocycles. The second-order valence-electron chi connectivity index (χ2n) is 4.21. The zero-order valence-electron chi connectivity index (χ0n) is 10.3. The van der Waals surface area contributed by atoms with E-state index in [-0.39, 0.29) is 0 Å². The molecular weight excluding hydrogens is 228 g/mol. The maximum absolute atomic E-state index is 5.83. The predicted molar refractivity (Wildman–Crippen MR) is 76.6 cm³/mol. The lowest BCUT2D eigenvalue weighted by molar-refractivity contribution is 1.08. The van der Waals surface area contributed by atoms with Gasteiger partial charge in [-0.25, -0.2) is 0 Å². The number of nitrogen functional groups attached to an aromatic ring is 1. The highest BCUT2D eigenvalue weighted by molar-refractivity contribution is 7.10. The van der Waals surface area contributed by atoms with Crippen LogP contribution in [0.15, 0.2) is 29.6 Å². The van der Waals surface area contributed by atoms with Crippen molar-refractivity contribution in [3.63, 3.8) is 0 Å². The molecule has 0 aliphatic rings. The molecule has 0 aliphatic heterocycles. The van der Waals surface area contributed by atoms with Crippen LogP contribution in [0.25, 0.3) is 0 Å². The SMILES string of the molecule is CCc1ccsc1CNc1cc(C)cc(N)c1. The standard InChI is InChI=1S/C14H18N2S/c1-3-11-4-5-17-14(11)9-16-13-7-10(2)6-12(15)8-13/h4-8,16H,3,9,15H2,1-2H3. The van der Waals surface area contributed by atoms with Gasteiger partial charge >= 0.3 is 0 Å². The zero-order chi connectivity index (χ0) is 12.3. The van der Waals surface area contributed by atoms with Gasteiger partial charge in [0.25, 0.3) is 0 Å². The maximum Gasteiger partial charge on any atom is 0.0496 e. The quantitative estimate of drug-likeness (QED) is 0.805. The van der Waals surface area contributed by atoms with Crippen LogP contribution in [-0.4, -0.2) is 0 Å². The van der Waals surface area contributed by atoms with Gasteiger partial charge in [-0.15, -0.1) is 11.3 Å². The van der Waals surface area contributed by atoms with Gasteiger partial charge in [0.2, 0.25) is 0 Å². The monoisotopic (exact) mass is 246 g/mol. The molecule has 0 amide bonds. The Labute approximate surface area is 106 Å². The molecule has 2 nitrogen and oxygen atoms in total. The van der Waals surface area contributed by atoms with Crippen molar-refractivity contribution in [2.45, 2.75) is 26.8 Å². The van der Waals surface area contributed by atoms with E-state index in [1.807, 2.05) is 23.5 Å². The van der Waals surface area contributed by atoms with E-state index < -0.39 is 0 Å². The van der Waals surface area contributed by atoms with Crippen molar-refractivity contribution in [2.24, 2.45) is 0 Å². The molecule has 3 N–H and O–H groups in total. The van der Waals surface area contributed by atoms with Crippen LogP contribution < -0.4 is 11.1 Å². The first-order valence-corrected chi connectivity index (χ1v) is 6.73. The maximum atomic E-state index is 5.83. The second kappa shape index (κ2) is 5.23.